The summed E-state index contributed by atoms with van der Waals surface area (Å²) in [5, 5.41) is 5.44. The van der Waals surface area contributed by atoms with Crippen LogP contribution >= 0.6 is 11.3 Å². The first-order valence-electron chi connectivity index (χ1n) is 7.76. The fourth-order valence-electron chi connectivity index (χ4n) is 2.21. The van der Waals surface area contributed by atoms with Gasteiger partial charge < -0.3 is 15.4 Å². The first-order valence-corrected chi connectivity index (χ1v) is 10.2. The van der Waals surface area contributed by atoms with Gasteiger partial charge in [-0.05, 0) is 42.5 Å². The lowest BCUT2D eigenvalue weighted by Crippen LogP contribution is -2.19. The summed E-state index contributed by atoms with van der Waals surface area (Å²) < 4.78 is 29.7. The standard InChI is InChI=1S/C17H17N3O4S2/c1-3-26(22,23)17-20-14-9-6-12(10-15(14)25-17)19-16(21)18-11-4-7-13(24-2)8-5-11/h4-10H,3H2,1-2H3,(H2,18,19,21). The van der Waals surface area contributed by atoms with Gasteiger partial charge >= 0.3 is 6.03 Å². The number of amides is 2. The van der Waals surface area contributed by atoms with Crippen molar-refractivity contribution in [2.24, 2.45) is 0 Å². The number of aromatic nitrogens is 1. The number of ether oxygens (including phenoxy) is 1. The highest BCUT2D eigenvalue weighted by Crippen LogP contribution is 2.28. The Morgan fingerprint density at radius 1 is 1.12 bits per heavy atom. The van der Waals surface area contributed by atoms with E-state index in [1.165, 1.54) is 0 Å². The van der Waals surface area contributed by atoms with E-state index in [1.807, 2.05) is 0 Å². The maximum absolute atomic E-state index is 12.1. The Bertz CT molecular complexity index is 1040. The third-order valence-electron chi connectivity index (χ3n) is 3.62. The second-order valence-corrected chi connectivity index (χ2v) is 8.86. The third-order valence-corrected chi connectivity index (χ3v) is 6.83. The van der Waals surface area contributed by atoms with Gasteiger partial charge in [0.05, 0.1) is 23.1 Å². The van der Waals surface area contributed by atoms with Crippen LogP contribution in [-0.4, -0.2) is 32.3 Å². The van der Waals surface area contributed by atoms with Gasteiger partial charge in [0.25, 0.3) is 0 Å². The number of hydrogen-bond acceptors (Lipinski definition) is 6. The Balaban J connectivity index is 1.74. The van der Waals surface area contributed by atoms with Crippen LogP contribution in [0.1, 0.15) is 6.92 Å². The van der Waals surface area contributed by atoms with Crippen molar-refractivity contribution in [3.63, 3.8) is 0 Å². The maximum atomic E-state index is 12.1. The van der Waals surface area contributed by atoms with Gasteiger partial charge in [0.15, 0.2) is 0 Å². The zero-order valence-corrected chi connectivity index (χ0v) is 15.8. The fraction of sp³-hybridized carbons (Fsp3) is 0.176. The first-order chi connectivity index (χ1) is 12.4. The van der Waals surface area contributed by atoms with E-state index in [4.69, 9.17) is 4.74 Å². The molecule has 3 rings (SSSR count). The van der Waals surface area contributed by atoms with Crippen molar-refractivity contribution in [3.8, 4) is 5.75 Å². The second kappa shape index (κ2) is 7.30. The van der Waals surface area contributed by atoms with Gasteiger partial charge in [-0.3, -0.25) is 0 Å². The number of nitrogens with one attached hydrogen (secondary N) is 2. The van der Waals surface area contributed by atoms with Gasteiger partial charge in [0.1, 0.15) is 5.75 Å². The van der Waals surface area contributed by atoms with Crippen LogP contribution in [0.2, 0.25) is 0 Å². The van der Waals surface area contributed by atoms with Crippen molar-refractivity contribution in [2.45, 2.75) is 11.3 Å². The van der Waals surface area contributed by atoms with Crippen LogP contribution in [0.15, 0.2) is 46.8 Å². The number of carbonyl (C=O) groups is 1. The highest BCUT2D eigenvalue weighted by Gasteiger charge is 2.17. The molecular formula is C17H17N3O4S2. The number of thiazole rings is 1. The van der Waals surface area contributed by atoms with E-state index in [9.17, 15) is 13.2 Å². The Morgan fingerprint density at radius 3 is 2.42 bits per heavy atom. The van der Waals surface area contributed by atoms with Gasteiger partial charge in [-0.2, -0.15) is 0 Å². The molecule has 0 aliphatic rings. The van der Waals surface area contributed by atoms with Crippen LogP contribution in [0.25, 0.3) is 10.2 Å². The molecule has 0 unspecified atom stereocenters. The summed E-state index contributed by atoms with van der Waals surface area (Å²) in [6.07, 6.45) is 0. The van der Waals surface area contributed by atoms with Crippen LogP contribution in [0, 0.1) is 0 Å². The summed E-state index contributed by atoms with van der Waals surface area (Å²) in [6, 6.07) is 11.6. The molecule has 2 N–H and O–H groups in total. The molecule has 2 aromatic carbocycles. The second-order valence-electron chi connectivity index (χ2n) is 5.37. The molecule has 26 heavy (non-hydrogen) atoms. The summed E-state index contributed by atoms with van der Waals surface area (Å²) in [6.45, 7) is 1.58. The van der Waals surface area contributed by atoms with Crippen molar-refractivity contribution < 1.29 is 17.9 Å². The Hall–Kier alpha value is -2.65. The van der Waals surface area contributed by atoms with E-state index >= 15 is 0 Å². The lowest BCUT2D eigenvalue weighted by molar-refractivity contribution is 0.262. The smallest absolute Gasteiger partial charge is 0.323 e. The first kappa shape index (κ1) is 18.2. The Labute approximate surface area is 154 Å². The minimum atomic E-state index is -3.34. The van der Waals surface area contributed by atoms with Crippen molar-refractivity contribution in [3.05, 3.63) is 42.5 Å². The van der Waals surface area contributed by atoms with Crippen molar-refractivity contribution in [2.75, 3.05) is 23.5 Å². The van der Waals surface area contributed by atoms with E-state index in [0.29, 0.717) is 27.3 Å². The number of fused-ring (bicyclic) bond motifs is 1. The molecule has 0 atom stereocenters. The molecule has 136 valence electrons. The molecule has 0 saturated carbocycles. The number of urea groups is 1. The lowest BCUT2D eigenvalue weighted by atomic mass is 10.3. The van der Waals surface area contributed by atoms with Gasteiger partial charge in [-0.15, -0.1) is 11.3 Å². The average Bonchev–Trinajstić information content (AvgIpc) is 3.06. The zero-order valence-electron chi connectivity index (χ0n) is 14.1. The molecule has 2 amide bonds. The van der Waals surface area contributed by atoms with Crippen LogP contribution in [0.4, 0.5) is 16.2 Å². The molecule has 7 nitrogen and oxygen atoms in total. The summed E-state index contributed by atoms with van der Waals surface area (Å²) >= 11 is 1.09. The predicted molar refractivity (Wildman–Crippen MR) is 103 cm³/mol. The predicted octanol–water partition coefficient (Wildman–Crippen LogP) is 3.74. The molecule has 1 heterocycles. The maximum Gasteiger partial charge on any atom is 0.323 e. The molecule has 0 radical (unpaired) electrons. The summed E-state index contributed by atoms with van der Waals surface area (Å²) in [7, 11) is -1.77. The molecule has 0 spiro atoms. The van der Waals surface area contributed by atoms with Crippen molar-refractivity contribution >= 4 is 48.8 Å². The Kier molecular flexibility index (Phi) is 5.10. The molecule has 0 aliphatic heterocycles. The topological polar surface area (TPSA) is 97.4 Å². The zero-order chi connectivity index (χ0) is 18.7. The van der Waals surface area contributed by atoms with Gasteiger partial charge in [-0.1, -0.05) is 6.92 Å². The SMILES string of the molecule is CCS(=O)(=O)c1nc2ccc(NC(=O)Nc3ccc(OC)cc3)cc2s1. The number of anilines is 2. The average molecular weight is 391 g/mol. The fourth-order valence-corrected chi connectivity index (χ4v) is 4.56. The van der Waals surface area contributed by atoms with Gasteiger partial charge in [-0.25, -0.2) is 18.2 Å². The highest BCUT2D eigenvalue weighted by molar-refractivity contribution is 7.93. The number of rotatable bonds is 5. The van der Waals surface area contributed by atoms with E-state index in [-0.39, 0.29) is 10.1 Å². The van der Waals surface area contributed by atoms with Crippen LogP contribution in [-0.2, 0) is 9.84 Å². The summed E-state index contributed by atoms with van der Waals surface area (Å²) in [5.41, 5.74) is 1.76. The molecule has 0 bridgehead atoms. The minimum Gasteiger partial charge on any atom is -0.497 e. The molecular weight excluding hydrogens is 374 g/mol. The van der Waals surface area contributed by atoms with Crippen LogP contribution in [0.5, 0.6) is 5.75 Å². The largest absolute Gasteiger partial charge is 0.497 e. The van der Waals surface area contributed by atoms with Crippen molar-refractivity contribution in [1.82, 2.24) is 4.98 Å². The van der Waals surface area contributed by atoms with Crippen molar-refractivity contribution in [1.29, 1.82) is 0 Å². The van der Waals surface area contributed by atoms with E-state index in [1.54, 1.807) is 56.5 Å². The van der Waals surface area contributed by atoms with Gasteiger partial charge in [0.2, 0.25) is 14.2 Å². The highest BCUT2D eigenvalue weighted by atomic mass is 32.2. The van der Waals surface area contributed by atoms with E-state index in [2.05, 4.69) is 15.6 Å². The normalized spacial score (nSPS) is 11.3. The number of carbonyl (C=O) groups excluding carboxylic acids is 1. The molecule has 0 aliphatic carbocycles. The molecule has 0 fully saturated rings. The summed E-state index contributed by atoms with van der Waals surface area (Å²) in [5.74, 6) is 0.701. The molecule has 1 aromatic heterocycles. The number of hydrogen-bond donors (Lipinski definition) is 2. The van der Waals surface area contributed by atoms with Crippen LogP contribution < -0.4 is 15.4 Å². The van der Waals surface area contributed by atoms with Crippen LogP contribution in [0.3, 0.4) is 0 Å². The lowest BCUT2D eigenvalue weighted by Gasteiger charge is -2.08. The van der Waals surface area contributed by atoms with Gasteiger partial charge in [0, 0.05) is 11.4 Å². The summed E-state index contributed by atoms with van der Waals surface area (Å²) in [4.78, 5) is 16.3. The Morgan fingerprint density at radius 2 is 1.77 bits per heavy atom. The minimum absolute atomic E-state index is 0.00218. The molecule has 3 aromatic rings. The van der Waals surface area contributed by atoms with E-state index in [0.717, 1.165) is 11.3 Å². The van der Waals surface area contributed by atoms with E-state index < -0.39 is 15.9 Å². The monoisotopic (exact) mass is 391 g/mol. The molecule has 9 heteroatoms. The number of sulfone groups is 1. The third kappa shape index (κ3) is 3.94. The molecule has 0 saturated heterocycles. The quantitative estimate of drug-likeness (QED) is 0.690. The number of nitrogens with zero attached hydrogens (tertiary/aromatic N) is 1. The number of methoxy groups -OCH3 is 1. The number of benzene rings is 2.